The zero-order chi connectivity index (χ0) is 6.41. The highest BCUT2D eigenvalue weighted by Gasteiger charge is 1.82. The Morgan fingerprint density at radius 1 is 1.88 bits per heavy atom. The maximum atomic E-state index is 10.1. The molecule has 0 fully saturated rings. The van der Waals surface area contributed by atoms with Gasteiger partial charge in [-0.2, -0.15) is 0 Å². The SMILES string of the molecule is C=CCNNC(C)=O. The summed E-state index contributed by atoms with van der Waals surface area (Å²) in [6.07, 6.45) is 1.66. The highest BCUT2D eigenvalue weighted by molar-refractivity contribution is 5.72. The minimum absolute atomic E-state index is 0.0909. The summed E-state index contributed by atoms with van der Waals surface area (Å²) in [6, 6.07) is 0. The summed E-state index contributed by atoms with van der Waals surface area (Å²) in [4.78, 5) is 10.1. The molecule has 1 amide bonds. The fraction of sp³-hybridized carbons (Fsp3) is 0.400. The first-order chi connectivity index (χ1) is 3.77. The molecular formula is C5H10N2O. The van der Waals surface area contributed by atoms with E-state index in [2.05, 4.69) is 17.4 Å². The Labute approximate surface area is 48.7 Å². The van der Waals surface area contributed by atoms with Crippen molar-refractivity contribution in [3.05, 3.63) is 12.7 Å². The number of carbonyl (C=O) groups is 1. The monoisotopic (exact) mass is 114 g/mol. The van der Waals surface area contributed by atoms with Crippen molar-refractivity contribution in [2.75, 3.05) is 6.54 Å². The fourth-order valence-electron chi connectivity index (χ4n) is 0.248. The molecule has 8 heavy (non-hydrogen) atoms. The van der Waals surface area contributed by atoms with Crippen molar-refractivity contribution < 1.29 is 4.79 Å². The second-order valence-electron chi connectivity index (χ2n) is 1.35. The summed E-state index contributed by atoms with van der Waals surface area (Å²) >= 11 is 0. The summed E-state index contributed by atoms with van der Waals surface area (Å²) in [5, 5.41) is 0. The molecule has 2 N–H and O–H groups in total. The molecule has 0 aromatic carbocycles. The van der Waals surface area contributed by atoms with E-state index in [9.17, 15) is 4.79 Å². The van der Waals surface area contributed by atoms with E-state index in [4.69, 9.17) is 0 Å². The number of nitrogens with one attached hydrogen (secondary N) is 2. The van der Waals surface area contributed by atoms with E-state index in [1.54, 1.807) is 6.08 Å². The number of rotatable bonds is 3. The molecule has 3 nitrogen and oxygen atoms in total. The molecule has 0 aromatic rings. The second-order valence-corrected chi connectivity index (χ2v) is 1.35. The van der Waals surface area contributed by atoms with Gasteiger partial charge in [0, 0.05) is 13.5 Å². The number of hydrogen-bond donors (Lipinski definition) is 2. The van der Waals surface area contributed by atoms with E-state index < -0.39 is 0 Å². The standard InChI is InChI=1S/C5H10N2O/c1-3-4-6-7-5(2)8/h3,6H,1,4H2,2H3,(H,7,8). The third kappa shape index (κ3) is 5.17. The first kappa shape index (κ1) is 7.17. The average molecular weight is 114 g/mol. The van der Waals surface area contributed by atoms with Crippen molar-refractivity contribution in [1.29, 1.82) is 0 Å². The molecule has 46 valence electrons. The molecule has 0 aliphatic rings. The summed E-state index contributed by atoms with van der Waals surface area (Å²) in [5.41, 5.74) is 5.00. The van der Waals surface area contributed by atoms with Crippen molar-refractivity contribution >= 4 is 5.91 Å². The van der Waals surface area contributed by atoms with Crippen molar-refractivity contribution in [2.45, 2.75) is 6.92 Å². The predicted octanol–water partition coefficient (Wildman–Crippen LogP) is -0.187. The summed E-state index contributed by atoms with van der Waals surface area (Å²) in [6.45, 7) is 5.48. The summed E-state index contributed by atoms with van der Waals surface area (Å²) < 4.78 is 0. The lowest BCUT2D eigenvalue weighted by atomic mass is 10.6. The Morgan fingerprint density at radius 2 is 2.50 bits per heavy atom. The van der Waals surface area contributed by atoms with Gasteiger partial charge in [-0.3, -0.25) is 10.2 Å². The molecule has 0 bridgehead atoms. The molecule has 0 rings (SSSR count). The minimum atomic E-state index is -0.0909. The number of hydrazine groups is 1. The van der Waals surface area contributed by atoms with Crippen molar-refractivity contribution in [3.8, 4) is 0 Å². The van der Waals surface area contributed by atoms with Crippen molar-refractivity contribution in [1.82, 2.24) is 10.9 Å². The molecule has 0 atom stereocenters. The lowest BCUT2D eigenvalue weighted by Crippen LogP contribution is -2.35. The van der Waals surface area contributed by atoms with Crippen LogP contribution < -0.4 is 10.9 Å². The lowest BCUT2D eigenvalue weighted by Gasteiger charge is -1.97. The molecule has 0 aliphatic carbocycles. The topological polar surface area (TPSA) is 41.1 Å². The van der Waals surface area contributed by atoms with Gasteiger partial charge in [-0.25, -0.2) is 5.43 Å². The molecular weight excluding hydrogens is 104 g/mol. The molecule has 0 radical (unpaired) electrons. The van der Waals surface area contributed by atoms with Crippen LogP contribution in [0.25, 0.3) is 0 Å². The van der Waals surface area contributed by atoms with Crippen LogP contribution in [0.5, 0.6) is 0 Å². The normalized spacial score (nSPS) is 8.12. The van der Waals surface area contributed by atoms with Gasteiger partial charge in [0.25, 0.3) is 0 Å². The van der Waals surface area contributed by atoms with Crippen LogP contribution in [0.2, 0.25) is 0 Å². The van der Waals surface area contributed by atoms with Crippen LogP contribution in [0.4, 0.5) is 0 Å². The highest BCUT2D eigenvalue weighted by Crippen LogP contribution is 1.55. The van der Waals surface area contributed by atoms with Gasteiger partial charge in [-0.15, -0.1) is 6.58 Å². The number of hydrogen-bond acceptors (Lipinski definition) is 2. The fourth-order valence-corrected chi connectivity index (χ4v) is 0.248. The largest absolute Gasteiger partial charge is 0.292 e. The molecule has 0 heterocycles. The Hall–Kier alpha value is -0.830. The Bertz CT molecular complexity index is 90.4. The van der Waals surface area contributed by atoms with Crippen LogP contribution in [0.15, 0.2) is 12.7 Å². The van der Waals surface area contributed by atoms with Gasteiger partial charge in [-0.1, -0.05) is 6.08 Å². The van der Waals surface area contributed by atoms with E-state index in [1.165, 1.54) is 6.92 Å². The van der Waals surface area contributed by atoms with Gasteiger partial charge in [0.2, 0.25) is 5.91 Å². The lowest BCUT2D eigenvalue weighted by molar-refractivity contribution is -0.119. The van der Waals surface area contributed by atoms with Gasteiger partial charge in [-0.05, 0) is 0 Å². The van der Waals surface area contributed by atoms with Crippen LogP contribution >= 0.6 is 0 Å². The van der Waals surface area contributed by atoms with Gasteiger partial charge in [0.1, 0.15) is 0 Å². The quantitative estimate of drug-likeness (QED) is 0.303. The Balaban J connectivity index is 2.93. The second kappa shape index (κ2) is 4.33. The van der Waals surface area contributed by atoms with E-state index in [0.717, 1.165) is 0 Å². The number of carbonyl (C=O) groups excluding carboxylic acids is 1. The highest BCUT2D eigenvalue weighted by atomic mass is 16.2. The van der Waals surface area contributed by atoms with Crippen LogP contribution in [-0.4, -0.2) is 12.5 Å². The van der Waals surface area contributed by atoms with Crippen LogP contribution in [-0.2, 0) is 4.79 Å². The smallest absolute Gasteiger partial charge is 0.230 e. The zero-order valence-electron chi connectivity index (χ0n) is 4.90. The molecule has 0 spiro atoms. The van der Waals surface area contributed by atoms with Crippen LogP contribution in [0, 0.1) is 0 Å². The molecule has 0 unspecified atom stereocenters. The Kier molecular flexibility index (Phi) is 3.88. The predicted molar refractivity (Wildman–Crippen MR) is 32.0 cm³/mol. The maximum absolute atomic E-state index is 10.1. The molecule has 0 saturated carbocycles. The molecule has 0 aliphatic heterocycles. The molecule has 0 saturated heterocycles. The first-order valence-electron chi connectivity index (χ1n) is 2.37. The zero-order valence-corrected chi connectivity index (χ0v) is 4.90. The van der Waals surface area contributed by atoms with Gasteiger partial charge in [0.15, 0.2) is 0 Å². The number of amides is 1. The Morgan fingerprint density at radius 3 is 2.88 bits per heavy atom. The van der Waals surface area contributed by atoms with Crippen LogP contribution in [0.1, 0.15) is 6.92 Å². The molecule has 3 heteroatoms. The van der Waals surface area contributed by atoms with Crippen LogP contribution in [0.3, 0.4) is 0 Å². The van der Waals surface area contributed by atoms with E-state index in [-0.39, 0.29) is 5.91 Å². The molecule has 0 aromatic heterocycles. The summed E-state index contributed by atoms with van der Waals surface area (Å²) in [7, 11) is 0. The minimum Gasteiger partial charge on any atom is -0.292 e. The third-order valence-electron chi connectivity index (χ3n) is 0.511. The van der Waals surface area contributed by atoms with Crippen molar-refractivity contribution in [2.24, 2.45) is 0 Å². The maximum Gasteiger partial charge on any atom is 0.230 e. The summed E-state index contributed by atoms with van der Waals surface area (Å²) in [5.74, 6) is -0.0909. The van der Waals surface area contributed by atoms with Gasteiger partial charge in [0.05, 0.1) is 0 Å². The average Bonchev–Trinajstić information content (AvgIpc) is 1.66. The van der Waals surface area contributed by atoms with Gasteiger partial charge >= 0.3 is 0 Å². The first-order valence-corrected chi connectivity index (χ1v) is 2.37. The van der Waals surface area contributed by atoms with E-state index in [1.807, 2.05) is 0 Å². The van der Waals surface area contributed by atoms with E-state index >= 15 is 0 Å². The van der Waals surface area contributed by atoms with E-state index in [0.29, 0.717) is 6.54 Å². The van der Waals surface area contributed by atoms with Crippen molar-refractivity contribution in [3.63, 3.8) is 0 Å². The van der Waals surface area contributed by atoms with Gasteiger partial charge < -0.3 is 0 Å². The third-order valence-corrected chi connectivity index (χ3v) is 0.511.